The van der Waals surface area contributed by atoms with Crippen molar-refractivity contribution in [3.63, 3.8) is 0 Å². The van der Waals surface area contributed by atoms with Crippen molar-refractivity contribution >= 4 is 21.6 Å². The van der Waals surface area contributed by atoms with Crippen LogP contribution in [0.25, 0.3) is 0 Å². The van der Waals surface area contributed by atoms with Crippen molar-refractivity contribution in [3.8, 4) is 0 Å². The van der Waals surface area contributed by atoms with Gasteiger partial charge in [-0.2, -0.15) is 8.42 Å². The molecule has 102 valence electrons. The second-order valence-electron chi connectivity index (χ2n) is 3.93. The molecule has 0 atom stereocenters. The van der Waals surface area contributed by atoms with E-state index in [0.29, 0.717) is 12.2 Å². The van der Waals surface area contributed by atoms with Crippen molar-refractivity contribution in [1.82, 2.24) is 15.0 Å². The van der Waals surface area contributed by atoms with E-state index in [1.807, 2.05) is 6.07 Å². The van der Waals surface area contributed by atoms with E-state index in [4.69, 9.17) is 5.14 Å². The number of aromatic nitrogens is 3. The van der Waals surface area contributed by atoms with Crippen LogP contribution in [0.2, 0.25) is 0 Å². The highest BCUT2D eigenvalue weighted by molar-refractivity contribution is 7.90. The molecule has 1 heterocycles. The third kappa shape index (κ3) is 3.93. The van der Waals surface area contributed by atoms with Crippen LogP contribution in [0, 0.1) is 0 Å². The molecule has 0 fully saturated rings. The molecule has 2 aromatic rings. The molecule has 0 saturated carbocycles. The van der Waals surface area contributed by atoms with Gasteiger partial charge in [-0.05, 0) is 18.2 Å². The molecule has 2 rings (SSSR count). The predicted octanol–water partition coefficient (Wildman–Crippen LogP) is 0.0426. The van der Waals surface area contributed by atoms with Crippen molar-refractivity contribution in [2.24, 2.45) is 12.2 Å². The van der Waals surface area contributed by atoms with Gasteiger partial charge in [0, 0.05) is 12.7 Å². The summed E-state index contributed by atoms with van der Waals surface area (Å²) in [5.41, 5.74) is 2.07. The lowest BCUT2D eigenvalue weighted by Crippen LogP contribution is -2.21. The largest absolute Gasteiger partial charge is 0.379 e. The minimum Gasteiger partial charge on any atom is -0.379 e. The Hall–Kier alpha value is -2.13. The average molecular weight is 282 g/mol. The molecule has 0 aliphatic rings. The van der Waals surface area contributed by atoms with Gasteiger partial charge in [0.1, 0.15) is 0 Å². The topological polar surface area (TPSA) is 115 Å². The van der Waals surface area contributed by atoms with Crippen molar-refractivity contribution < 1.29 is 8.42 Å². The third-order valence-corrected chi connectivity index (χ3v) is 2.92. The summed E-state index contributed by atoms with van der Waals surface area (Å²) in [4.78, 5) is 0. The summed E-state index contributed by atoms with van der Waals surface area (Å²) in [5, 5.41) is 15.6. The number of hydrogen-bond acceptors (Lipinski definition) is 5. The quantitative estimate of drug-likeness (QED) is 0.716. The van der Waals surface area contributed by atoms with Gasteiger partial charge in [-0.3, -0.25) is 9.40 Å². The second kappa shape index (κ2) is 5.24. The molecule has 0 spiro atoms. The van der Waals surface area contributed by atoms with Gasteiger partial charge in [0.05, 0.1) is 24.1 Å². The van der Waals surface area contributed by atoms with Crippen LogP contribution in [-0.2, 0) is 23.8 Å². The van der Waals surface area contributed by atoms with Crippen LogP contribution in [0.15, 0.2) is 30.5 Å². The maximum absolute atomic E-state index is 10.9. The van der Waals surface area contributed by atoms with E-state index in [9.17, 15) is 8.42 Å². The van der Waals surface area contributed by atoms with Gasteiger partial charge in [-0.15, -0.1) is 5.10 Å². The Labute approximate surface area is 110 Å². The highest BCUT2D eigenvalue weighted by atomic mass is 32.2. The smallest absolute Gasteiger partial charge is 0.296 e. The van der Waals surface area contributed by atoms with E-state index in [0.717, 1.165) is 11.4 Å². The molecule has 4 N–H and O–H groups in total. The Morgan fingerprint density at radius 2 is 2.11 bits per heavy atom. The molecular weight excluding hydrogens is 268 g/mol. The number of nitrogens with zero attached hydrogens (tertiary/aromatic N) is 3. The molecule has 0 aliphatic heterocycles. The first-order valence-electron chi connectivity index (χ1n) is 5.42. The monoisotopic (exact) mass is 282 g/mol. The number of anilines is 2. The Morgan fingerprint density at radius 1 is 1.37 bits per heavy atom. The summed E-state index contributed by atoms with van der Waals surface area (Å²) in [6.07, 6.45) is 1.65. The molecule has 0 unspecified atom stereocenters. The number of nitrogens with two attached hydrogens (primary N) is 1. The molecule has 9 heteroatoms. The van der Waals surface area contributed by atoms with Crippen molar-refractivity contribution in [2.75, 3.05) is 10.0 Å². The lowest BCUT2D eigenvalue weighted by Gasteiger charge is -2.08. The Kier molecular flexibility index (Phi) is 3.67. The molecule has 0 saturated heterocycles. The summed E-state index contributed by atoms with van der Waals surface area (Å²) >= 11 is 0. The van der Waals surface area contributed by atoms with Gasteiger partial charge in [-0.25, -0.2) is 5.14 Å². The van der Waals surface area contributed by atoms with Crippen LogP contribution in [0.3, 0.4) is 0 Å². The normalized spacial score (nSPS) is 11.3. The molecule has 8 nitrogen and oxygen atoms in total. The van der Waals surface area contributed by atoms with Crippen LogP contribution >= 0.6 is 0 Å². The Bertz CT molecular complexity index is 666. The van der Waals surface area contributed by atoms with Crippen molar-refractivity contribution in [3.05, 3.63) is 36.2 Å². The van der Waals surface area contributed by atoms with E-state index in [1.165, 1.54) is 0 Å². The molecule has 19 heavy (non-hydrogen) atoms. The summed E-state index contributed by atoms with van der Waals surface area (Å²) in [6.45, 7) is 0.530. The minimum atomic E-state index is -3.76. The molecular formula is C10H14N6O2S. The number of aryl methyl sites for hydroxylation is 1. The third-order valence-electron chi connectivity index (χ3n) is 2.40. The highest BCUT2D eigenvalue weighted by Crippen LogP contribution is 2.16. The van der Waals surface area contributed by atoms with Gasteiger partial charge in [0.15, 0.2) is 0 Å². The first-order chi connectivity index (χ1) is 8.94. The Morgan fingerprint density at radius 3 is 2.74 bits per heavy atom. The van der Waals surface area contributed by atoms with Gasteiger partial charge in [-0.1, -0.05) is 11.3 Å². The van der Waals surface area contributed by atoms with E-state index in [2.05, 4.69) is 20.4 Å². The predicted molar refractivity (Wildman–Crippen MR) is 71.5 cm³/mol. The van der Waals surface area contributed by atoms with Crippen LogP contribution in [0.4, 0.5) is 11.4 Å². The molecule has 1 aromatic heterocycles. The van der Waals surface area contributed by atoms with Gasteiger partial charge < -0.3 is 5.32 Å². The van der Waals surface area contributed by atoms with Crippen LogP contribution in [0.5, 0.6) is 0 Å². The maximum atomic E-state index is 10.9. The zero-order chi connectivity index (χ0) is 13.9. The van der Waals surface area contributed by atoms with Gasteiger partial charge in [0.25, 0.3) is 10.2 Å². The van der Waals surface area contributed by atoms with E-state index in [-0.39, 0.29) is 0 Å². The maximum Gasteiger partial charge on any atom is 0.296 e. The summed E-state index contributed by atoms with van der Waals surface area (Å²) in [6, 6.07) is 6.80. The van der Waals surface area contributed by atoms with Gasteiger partial charge >= 0.3 is 0 Å². The Balaban J connectivity index is 2.05. The zero-order valence-electron chi connectivity index (χ0n) is 10.2. The number of benzene rings is 1. The fourth-order valence-electron chi connectivity index (χ4n) is 1.52. The number of nitrogens with one attached hydrogen (secondary N) is 2. The lowest BCUT2D eigenvalue weighted by molar-refractivity contribution is 0.603. The molecule has 0 bridgehead atoms. The fraction of sp³-hybridized carbons (Fsp3) is 0.200. The SMILES string of the molecule is Cn1nncc1CNc1cccc(NS(N)(=O)=O)c1. The molecule has 1 aromatic carbocycles. The van der Waals surface area contributed by atoms with Crippen molar-refractivity contribution in [2.45, 2.75) is 6.54 Å². The first kappa shape index (κ1) is 13.3. The van der Waals surface area contributed by atoms with Crippen LogP contribution in [-0.4, -0.2) is 23.4 Å². The van der Waals surface area contributed by atoms with Crippen molar-refractivity contribution in [1.29, 1.82) is 0 Å². The number of hydrogen-bond donors (Lipinski definition) is 3. The minimum absolute atomic E-state index is 0.399. The van der Waals surface area contributed by atoms with E-state index >= 15 is 0 Å². The van der Waals surface area contributed by atoms with Gasteiger partial charge in [0.2, 0.25) is 0 Å². The average Bonchev–Trinajstić information content (AvgIpc) is 2.70. The first-order valence-corrected chi connectivity index (χ1v) is 6.97. The summed E-state index contributed by atoms with van der Waals surface area (Å²) in [7, 11) is -1.97. The molecule has 0 amide bonds. The van der Waals surface area contributed by atoms with Crippen LogP contribution < -0.4 is 15.2 Å². The standard InChI is InChI=1S/C10H14N6O2S/c1-16-10(7-13-15-16)6-12-8-3-2-4-9(5-8)14-19(11,17)18/h2-5,7,12,14H,6H2,1H3,(H2,11,17,18). The van der Waals surface area contributed by atoms with E-state index in [1.54, 1.807) is 36.1 Å². The zero-order valence-corrected chi connectivity index (χ0v) is 11.1. The fourth-order valence-corrected chi connectivity index (χ4v) is 1.98. The second-order valence-corrected chi connectivity index (χ2v) is 5.22. The number of rotatable bonds is 5. The summed E-state index contributed by atoms with van der Waals surface area (Å²) < 4.78 is 25.7. The molecule has 0 radical (unpaired) electrons. The summed E-state index contributed by atoms with van der Waals surface area (Å²) in [5.74, 6) is 0. The van der Waals surface area contributed by atoms with Crippen LogP contribution in [0.1, 0.15) is 5.69 Å². The lowest BCUT2D eigenvalue weighted by atomic mass is 10.3. The highest BCUT2D eigenvalue weighted by Gasteiger charge is 2.03. The van der Waals surface area contributed by atoms with E-state index < -0.39 is 10.2 Å². The molecule has 0 aliphatic carbocycles.